The van der Waals surface area contributed by atoms with Crippen LogP contribution in [-0.4, -0.2) is 64.1 Å². The van der Waals surface area contributed by atoms with Gasteiger partial charge in [-0.3, -0.25) is 4.90 Å². The SMILES string of the molecule is CCNCC(C)C(C)N(CCOC)C(C)COC. The van der Waals surface area contributed by atoms with Crippen molar-refractivity contribution in [3.05, 3.63) is 0 Å². The topological polar surface area (TPSA) is 33.7 Å². The number of rotatable bonds is 11. The van der Waals surface area contributed by atoms with Crippen LogP contribution in [0.2, 0.25) is 0 Å². The minimum atomic E-state index is 0.421. The molecule has 0 amide bonds. The van der Waals surface area contributed by atoms with Gasteiger partial charge < -0.3 is 14.8 Å². The molecule has 0 aromatic carbocycles. The second-order valence-electron chi connectivity index (χ2n) is 5.06. The molecule has 0 heterocycles. The Morgan fingerprint density at radius 2 is 1.78 bits per heavy atom. The number of ether oxygens (including phenoxy) is 2. The lowest BCUT2D eigenvalue weighted by atomic mass is 10.0. The molecule has 0 aliphatic rings. The summed E-state index contributed by atoms with van der Waals surface area (Å²) >= 11 is 0. The fraction of sp³-hybridized carbons (Fsp3) is 1.00. The summed E-state index contributed by atoms with van der Waals surface area (Å²) in [7, 11) is 3.52. The Labute approximate surface area is 113 Å². The first kappa shape index (κ1) is 17.8. The van der Waals surface area contributed by atoms with Gasteiger partial charge in [-0.05, 0) is 32.9 Å². The van der Waals surface area contributed by atoms with Gasteiger partial charge in [0.15, 0.2) is 0 Å². The first-order chi connectivity index (χ1) is 8.58. The van der Waals surface area contributed by atoms with E-state index >= 15 is 0 Å². The van der Waals surface area contributed by atoms with E-state index < -0.39 is 0 Å². The van der Waals surface area contributed by atoms with E-state index in [1.165, 1.54) is 0 Å². The van der Waals surface area contributed by atoms with Crippen LogP contribution in [0, 0.1) is 5.92 Å². The van der Waals surface area contributed by atoms with Crippen molar-refractivity contribution >= 4 is 0 Å². The maximum absolute atomic E-state index is 5.28. The molecule has 0 spiro atoms. The molecule has 1 N–H and O–H groups in total. The molecule has 0 radical (unpaired) electrons. The van der Waals surface area contributed by atoms with E-state index in [4.69, 9.17) is 9.47 Å². The largest absolute Gasteiger partial charge is 0.383 e. The average molecular weight is 260 g/mol. The molecule has 110 valence electrons. The fourth-order valence-corrected chi connectivity index (χ4v) is 2.23. The molecule has 4 nitrogen and oxygen atoms in total. The Kier molecular flexibility index (Phi) is 10.6. The molecule has 0 aliphatic heterocycles. The molecule has 0 saturated heterocycles. The van der Waals surface area contributed by atoms with Crippen molar-refractivity contribution in [2.45, 2.75) is 39.8 Å². The Bertz CT molecular complexity index is 191. The summed E-state index contributed by atoms with van der Waals surface area (Å²) in [6, 6.07) is 0.938. The van der Waals surface area contributed by atoms with E-state index in [0.29, 0.717) is 18.0 Å². The zero-order chi connectivity index (χ0) is 14.0. The predicted molar refractivity (Wildman–Crippen MR) is 77.1 cm³/mol. The zero-order valence-electron chi connectivity index (χ0n) is 13.0. The first-order valence-corrected chi connectivity index (χ1v) is 7.02. The van der Waals surface area contributed by atoms with Crippen LogP contribution in [0.5, 0.6) is 0 Å². The third-order valence-electron chi connectivity index (χ3n) is 3.59. The van der Waals surface area contributed by atoms with E-state index in [1.807, 2.05) is 0 Å². The van der Waals surface area contributed by atoms with Crippen molar-refractivity contribution in [1.29, 1.82) is 0 Å². The fourth-order valence-electron chi connectivity index (χ4n) is 2.23. The third-order valence-corrected chi connectivity index (χ3v) is 3.59. The summed E-state index contributed by atoms with van der Waals surface area (Å²) in [5.41, 5.74) is 0. The number of methoxy groups -OCH3 is 2. The van der Waals surface area contributed by atoms with Crippen molar-refractivity contribution in [3.8, 4) is 0 Å². The smallest absolute Gasteiger partial charge is 0.0615 e. The standard InChI is InChI=1S/C14H32N2O2/c1-7-15-10-12(2)14(4)16(8-9-17-5)13(3)11-18-6/h12-15H,7-11H2,1-6H3. The molecule has 0 aromatic heterocycles. The molecule has 3 unspecified atom stereocenters. The molecule has 0 saturated carbocycles. The highest BCUT2D eigenvalue weighted by atomic mass is 16.5. The lowest BCUT2D eigenvalue weighted by Crippen LogP contribution is -2.48. The van der Waals surface area contributed by atoms with Gasteiger partial charge in [0, 0.05) is 32.8 Å². The molecule has 0 bridgehead atoms. The lowest BCUT2D eigenvalue weighted by molar-refractivity contribution is 0.0363. The second kappa shape index (κ2) is 10.7. The van der Waals surface area contributed by atoms with Crippen molar-refractivity contribution in [3.63, 3.8) is 0 Å². The van der Waals surface area contributed by atoms with E-state index in [-0.39, 0.29) is 0 Å². The lowest BCUT2D eigenvalue weighted by Gasteiger charge is -2.37. The molecule has 0 rings (SSSR count). The summed E-state index contributed by atoms with van der Waals surface area (Å²) in [6.07, 6.45) is 0. The Hall–Kier alpha value is -0.160. The van der Waals surface area contributed by atoms with Gasteiger partial charge in [-0.1, -0.05) is 13.8 Å². The van der Waals surface area contributed by atoms with E-state index in [0.717, 1.165) is 32.8 Å². The van der Waals surface area contributed by atoms with Gasteiger partial charge in [-0.2, -0.15) is 0 Å². The monoisotopic (exact) mass is 260 g/mol. The van der Waals surface area contributed by atoms with Crippen LogP contribution in [0.3, 0.4) is 0 Å². The molecule has 4 heteroatoms. The highest BCUT2D eigenvalue weighted by molar-refractivity contribution is 4.78. The van der Waals surface area contributed by atoms with Crippen LogP contribution in [0.1, 0.15) is 27.7 Å². The molecular weight excluding hydrogens is 228 g/mol. The third kappa shape index (κ3) is 6.69. The van der Waals surface area contributed by atoms with Gasteiger partial charge in [-0.25, -0.2) is 0 Å². The molecule has 3 atom stereocenters. The Balaban J connectivity index is 4.40. The van der Waals surface area contributed by atoms with Crippen LogP contribution in [0.15, 0.2) is 0 Å². The second-order valence-corrected chi connectivity index (χ2v) is 5.06. The van der Waals surface area contributed by atoms with Crippen molar-refractivity contribution in [2.24, 2.45) is 5.92 Å². The summed E-state index contributed by atoms with van der Waals surface area (Å²) < 4.78 is 10.5. The predicted octanol–water partition coefficient (Wildman–Crippen LogP) is 1.60. The summed E-state index contributed by atoms with van der Waals surface area (Å²) in [4.78, 5) is 2.48. The highest BCUT2D eigenvalue weighted by Crippen LogP contribution is 2.14. The van der Waals surface area contributed by atoms with Crippen molar-refractivity contribution in [2.75, 3.05) is 47.1 Å². The molecular formula is C14H32N2O2. The summed E-state index contributed by atoms with van der Waals surface area (Å²) in [5, 5.41) is 3.42. The molecule has 18 heavy (non-hydrogen) atoms. The van der Waals surface area contributed by atoms with Crippen LogP contribution >= 0.6 is 0 Å². The highest BCUT2D eigenvalue weighted by Gasteiger charge is 2.23. The van der Waals surface area contributed by atoms with Crippen molar-refractivity contribution < 1.29 is 9.47 Å². The number of nitrogens with zero attached hydrogens (tertiary/aromatic N) is 1. The Morgan fingerprint density at radius 3 is 2.28 bits per heavy atom. The number of hydrogen-bond acceptors (Lipinski definition) is 4. The Morgan fingerprint density at radius 1 is 1.11 bits per heavy atom. The maximum atomic E-state index is 5.28. The summed E-state index contributed by atoms with van der Waals surface area (Å²) in [5.74, 6) is 0.612. The minimum absolute atomic E-state index is 0.421. The van der Waals surface area contributed by atoms with Crippen LogP contribution in [0.25, 0.3) is 0 Å². The van der Waals surface area contributed by atoms with Gasteiger partial charge in [-0.15, -0.1) is 0 Å². The zero-order valence-corrected chi connectivity index (χ0v) is 13.0. The van der Waals surface area contributed by atoms with Gasteiger partial charge in [0.2, 0.25) is 0 Å². The minimum Gasteiger partial charge on any atom is -0.383 e. The van der Waals surface area contributed by atoms with Gasteiger partial charge in [0.05, 0.1) is 13.2 Å². The number of hydrogen-bond donors (Lipinski definition) is 1. The van der Waals surface area contributed by atoms with Crippen LogP contribution in [-0.2, 0) is 9.47 Å². The van der Waals surface area contributed by atoms with Crippen LogP contribution in [0.4, 0.5) is 0 Å². The maximum Gasteiger partial charge on any atom is 0.0615 e. The number of nitrogens with one attached hydrogen (secondary N) is 1. The van der Waals surface area contributed by atoms with E-state index in [9.17, 15) is 0 Å². The average Bonchev–Trinajstić information content (AvgIpc) is 2.36. The van der Waals surface area contributed by atoms with Gasteiger partial charge in [0.25, 0.3) is 0 Å². The van der Waals surface area contributed by atoms with Gasteiger partial charge >= 0.3 is 0 Å². The van der Waals surface area contributed by atoms with Gasteiger partial charge in [0.1, 0.15) is 0 Å². The first-order valence-electron chi connectivity index (χ1n) is 7.02. The summed E-state index contributed by atoms with van der Waals surface area (Å²) in [6.45, 7) is 13.5. The quantitative estimate of drug-likeness (QED) is 0.612. The normalized spacial score (nSPS) is 16.8. The van der Waals surface area contributed by atoms with E-state index in [1.54, 1.807) is 14.2 Å². The molecule has 0 aliphatic carbocycles. The molecule has 0 fully saturated rings. The van der Waals surface area contributed by atoms with E-state index in [2.05, 4.69) is 37.9 Å². The van der Waals surface area contributed by atoms with Crippen LogP contribution < -0.4 is 5.32 Å². The van der Waals surface area contributed by atoms with Crippen molar-refractivity contribution in [1.82, 2.24) is 10.2 Å². The molecule has 0 aromatic rings.